The van der Waals surface area contributed by atoms with Crippen LogP contribution in [0, 0.1) is 0 Å². The number of fused-ring (bicyclic) bond motifs is 1. The summed E-state index contributed by atoms with van der Waals surface area (Å²) in [5.74, 6) is 0.933. The third kappa shape index (κ3) is 4.72. The van der Waals surface area contributed by atoms with Gasteiger partial charge >= 0.3 is 0 Å². The third-order valence-electron chi connectivity index (χ3n) is 5.45. The average molecular weight is 367 g/mol. The first-order valence-electron chi connectivity index (χ1n) is 9.76. The Morgan fingerprint density at radius 1 is 1.19 bits per heavy atom. The van der Waals surface area contributed by atoms with Crippen molar-refractivity contribution in [1.29, 1.82) is 0 Å². The summed E-state index contributed by atoms with van der Waals surface area (Å²) in [5.41, 5.74) is 3.97. The molecule has 1 aliphatic rings. The Balaban J connectivity index is 1.80. The second-order valence-electron chi connectivity index (χ2n) is 8.02. The minimum atomic E-state index is -0.635. The van der Waals surface area contributed by atoms with Crippen molar-refractivity contribution < 1.29 is 14.9 Å². The van der Waals surface area contributed by atoms with Gasteiger partial charge in [0, 0.05) is 18.1 Å². The number of ether oxygens (including phenoxy) is 1. The fraction of sp³-hybridized carbons (Fsp3) is 0.417. The zero-order valence-corrected chi connectivity index (χ0v) is 16.5. The summed E-state index contributed by atoms with van der Waals surface area (Å²) < 4.78 is 6.25. The maximum absolute atomic E-state index is 10.8. The summed E-state index contributed by atoms with van der Waals surface area (Å²) in [5, 5.41) is 21.0. The van der Waals surface area contributed by atoms with Crippen LogP contribution in [-0.2, 0) is 19.3 Å². The zero-order chi connectivity index (χ0) is 19.4. The Morgan fingerprint density at radius 3 is 2.63 bits per heavy atom. The first-order valence-corrected chi connectivity index (χ1v) is 9.76. The van der Waals surface area contributed by atoms with E-state index < -0.39 is 11.7 Å². The molecule has 0 bridgehead atoms. The molecule has 1 heterocycles. The van der Waals surface area contributed by atoms with E-state index in [9.17, 15) is 10.2 Å². The highest BCUT2D eigenvalue weighted by atomic mass is 16.5. The maximum Gasteiger partial charge on any atom is 0.133 e. The number of aryl methyl sites for hydroxylation is 2. The molecule has 0 aromatic heterocycles. The number of phenolic OH excluding ortho intramolecular Hbond substituents is 1. The lowest BCUT2D eigenvalue weighted by atomic mass is 9.83. The van der Waals surface area contributed by atoms with Gasteiger partial charge in [0.15, 0.2) is 0 Å². The monoisotopic (exact) mass is 366 g/mol. The van der Waals surface area contributed by atoms with E-state index in [-0.39, 0.29) is 5.75 Å². The Kier molecular flexibility index (Phi) is 5.91. The highest BCUT2D eigenvalue weighted by Gasteiger charge is 2.40. The van der Waals surface area contributed by atoms with Crippen LogP contribution in [0.3, 0.4) is 0 Å². The second kappa shape index (κ2) is 8.18. The minimum Gasteiger partial charge on any atom is -0.508 e. The van der Waals surface area contributed by atoms with Crippen LogP contribution in [0.15, 0.2) is 54.1 Å². The third-order valence-corrected chi connectivity index (χ3v) is 5.45. The Morgan fingerprint density at radius 2 is 1.93 bits per heavy atom. The van der Waals surface area contributed by atoms with Crippen LogP contribution in [0.1, 0.15) is 50.3 Å². The van der Waals surface area contributed by atoms with Crippen LogP contribution >= 0.6 is 0 Å². The summed E-state index contributed by atoms with van der Waals surface area (Å²) in [6, 6.07) is 13.8. The Hall–Kier alpha value is -2.26. The van der Waals surface area contributed by atoms with Gasteiger partial charge in [-0.05, 0) is 63.6 Å². The first-order chi connectivity index (χ1) is 12.9. The smallest absolute Gasteiger partial charge is 0.133 e. The van der Waals surface area contributed by atoms with Crippen molar-refractivity contribution in [3.63, 3.8) is 0 Å². The molecule has 3 nitrogen and oxygen atoms in total. The van der Waals surface area contributed by atoms with Gasteiger partial charge in [0.05, 0.1) is 6.10 Å². The number of allylic oxidation sites excluding steroid dienone is 2. The van der Waals surface area contributed by atoms with E-state index in [2.05, 4.69) is 32.1 Å². The van der Waals surface area contributed by atoms with Crippen molar-refractivity contribution >= 4 is 0 Å². The van der Waals surface area contributed by atoms with Gasteiger partial charge in [-0.25, -0.2) is 0 Å². The fourth-order valence-electron chi connectivity index (χ4n) is 3.75. The van der Waals surface area contributed by atoms with Crippen molar-refractivity contribution in [3.8, 4) is 11.5 Å². The van der Waals surface area contributed by atoms with Crippen molar-refractivity contribution in [2.45, 2.75) is 64.6 Å². The van der Waals surface area contributed by atoms with Gasteiger partial charge in [0.2, 0.25) is 0 Å². The van der Waals surface area contributed by atoms with Crippen LogP contribution in [-0.4, -0.2) is 21.9 Å². The Labute approximate surface area is 162 Å². The molecule has 2 atom stereocenters. The molecule has 3 rings (SSSR count). The first kappa shape index (κ1) is 19.5. The minimum absolute atomic E-state index is 0.222. The van der Waals surface area contributed by atoms with Gasteiger partial charge in [-0.1, -0.05) is 42.0 Å². The number of hydrogen-bond acceptors (Lipinski definition) is 3. The van der Waals surface area contributed by atoms with Gasteiger partial charge in [-0.2, -0.15) is 0 Å². The quantitative estimate of drug-likeness (QED) is 0.709. The molecule has 2 aromatic rings. The number of hydrogen-bond donors (Lipinski definition) is 2. The van der Waals surface area contributed by atoms with Crippen LogP contribution in [0.5, 0.6) is 11.5 Å². The fourth-order valence-corrected chi connectivity index (χ4v) is 3.75. The molecule has 2 aromatic carbocycles. The number of aliphatic hydroxyl groups excluding tert-OH is 1. The molecule has 0 saturated heterocycles. The van der Waals surface area contributed by atoms with Crippen molar-refractivity contribution in [3.05, 3.63) is 70.8 Å². The van der Waals surface area contributed by atoms with Crippen molar-refractivity contribution in [2.75, 3.05) is 0 Å². The zero-order valence-electron chi connectivity index (χ0n) is 16.5. The SMILES string of the molecule is CC(C)=CCCC1(C)Oc2cc(O)cc(CCc3ccccc3)c2CC1O. The van der Waals surface area contributed by atoms with Crippen LogP contribution in [0.2, 0.25) is 0 Å². The van der Waals surface area contributed by atoms with E-state index >= 15 is 0 Å². The molecule has 3 heteroatoms. The summed E-state index contributed by atoms with van der Waals surface area (Å²) in [6.07, 6.45) is 5.49. The van der Waals surface area contributed by atoms with E-state index in [1.165, 1.54) is 11.1 Å². The van der Waals surface area contributed by atoms with E-state index in [0.717, 1.165) is 36.8 Å². The summed E-state index contributed by atoms with van der Waals surface area (Å²) in [7, 11) is 0. The molecular formula is C24H30O3. The number of benzene rings is 2. The molecule has 2 unspecified atom stereocenters. The lowest BCUT2D eigenvalue weighted by molar-refractivity contribution is -0.0590. The van der Waals surface area contributed by atoms with E-state index in [1.807, 2.05) is 31.2 Å². The topological polar surface area (TPSA) is 49.7 Å². The normalized spacial score (nSPS) is 21.3. The number of aliphatic hydroxyl groups is 1. The second-order valence-corrected chi connectivity index (χ2v) is 8.02. The van der Waals surface area contributed by atoms with Crippen LogP contribution in [0.25, 0.3) is 0 Å². The molecule has 2 N–H and O–H groups in total. The molecule has 144 valence electrons. The predicted octanol–water partition coefficient (Wildman–Crippen LogP) is 4.98. The van der Waals surface area contributed by atoms with E-state index in [0.29, 0.717) is 12.2 Å². The van der Waals surface area contributed by atoms with Gasteiger partial charge in [0.25, 0.3) is 0 Å². The molecular weight excluding hydrogens is 336 g/mol. The molecule has 0 fully saturated rings. The number of aromatic hydroxyl groups is 1. The van der Waals surface area contributed by atoms with E-state index in [1.54, 1.807) is 6.07 Å². The summed E-state index contributed by atoms with van der Waals surface area (Å²) in [4.78, 5) is 0. The van der Waals surface area contributed by atoms with E-state index in [4.69, 9.17) is 4.74 Å². The molecule has 1 aliphatic heterocycles. The molecule has 0 radical (unpaired) electrons. The lowest BCUT2D eigenvalue weighted by Crippen LogP contribution is -2.49. The van der Waals surface area contributed by atoms with Crippen LogP contribution < -0.4 is 4.74 Å². The molecule has 0 spiro atoms. The molecule has 0 amide bonds. The van der Waals surface area contributed by atoms with Gasteiger partial charge in [0.1, 0.15) is 17.1 Å². The average Bonchev–Trinajstić information content (AvgIpc) is 2.62. The Bertz CT molecular complexity index is 806. The maximum atomic E-state index is 10.8. The standard InChI is InChI=1S/C24H30O3/c1-17(2)8-7-13-24(3)23(26)16-21-19(14-20(25)15-22(21)27-24)12-11-18-9-5-4-6-10-18/h4-6,8-10,14-15,23,25-26H,7,11-13,16H2,1-3H3. The van der Waals surface area contributed by atoms with Crippen molar-refractivity contribution in [1.82, 2.24) is 0 Å². The van der Waals surface area contributed by atoms with Gasteiger partial charge in [-0.15, -0.1) is 0 Å². The number of rotatable bonds is 6. The van der Waals surface area contributed by atoms with Gasteiger partial charge < -0.3 is 14.9 Å². The van der Waals surface area contributed by atoms with Gasteiger partial charge in [-0.3, -0.25) is 0 Å². The lowest BCUT2D eigenvalue weighted by Gasteiger charge is -2.40. The highest BCUT2D eigenvalue weighted by Crippen LogP contribution is 2.40. The van der Waals surface area contributed by atoms with Crippen molar-refractivity contribution in [2.24, 2.45) is 0 Å². The highest BCUT2D eigenvalue weighted by molar-refractivity contribution is 5.49. The summed E-state index contributed by atoms with van der Waals surface area (Å²) >= 11 is 0. The predicted molar refractivity (Wildman–Crippen MR) is 109 cm³/mol. The largest absolute Gasteiger partial charge is 0.508 e. The number of phenols is 1. The molecule has 27 heavy (non-hydrogen) atoms. The van der Waals surface area contributed by atoms with Crippen LogP contribution in [0.4, 0.5) is 0 Å². The molecule has 0 saturated carbocycles. The summed E-state index contributed by atoms with van der Waals surface area (Å²) in [6.45, 7) is 6.12. The molecule has 0 aliphatic carbocycles.